The molecule has 0 saturated carbocycles. The summed E-state index contributed by atoms with van der Waals surface area (Å²) in [4.78, 5) is 20.9. The van der Waals surface area contributed by atoms with E-state index in [-0.39, 0.29) is 11.3 Å². The predicted molar refractivity (Wildman–Crippen MR) is 107 cm³/mol. The van der Waals surface area contributed by atoms with Crippen LogP contribution in [0.2, 0.25) is 0 Å². The van der Waals surface area contributed by atoms with Crippen LogP contribution >= 0.6 is 11.3 Å². The summed E-state index contributed by atoms with van der Waals surface area (Å²) in [7, 11) is 0. The number of aryl methyl sites for hydroxylation is 1. The number of carbonyl (C=O) groups excluding carboxylic acids is 1. The first kappa shape index (κ1) is 18.3. The highest BCUT2D eigenvalue weighted by Gasteiger charge is 2.14. The highest BCUT2D eigenvalue weighted by molar-refractivity contribution is 7.14. The van der Waals surface area contributed by atoms with Crippen molar-refractivity contribution in [3.05, 3.63) is 65.3 Å². The molecule has 3 aromatic rings. The number of aromatic nitrogens is 2. The molecule has 2 aromatic heterocycles. The molecule has 0 atom stereocenters. The smallest absolute Gasteiger partial charge is 0.226 e. The first-order chi connectivity index (χ1) is 12.4. The first-order valence-electron chi connectivity index (χ1n) is 8.68. The molecule has 0 spiro atoms. The van der Waals surface area contributed by atoms with Crippen LogP contribution in [-0.4, -0.2) is 15.9 Å². The molecule has 4 nitrogen and oxygen atoms in total. The summed E-state index contributed by atoms with van der Waals surface area (Å²) < 4.78 is 0. The third kappa shape index (κ3) is 4.76. The fraction of sp³-hybridized carbons (Fsp3) is 0.286. The lowest BCUT2D eigenvalue weighted by atomic mass is 9.86. The Morgan fingerprint density at radius 2 is 1.88 bits per heavy atom. The van der Waals surface area contributed by atoms with Gasteiger partial charge in [0.25, 0.3) is 0 Å². The number of rotatable bonds is 5. The van der Waals surface area contributed by atoms with E-state index in [4.69, 9.17) is 0 Å². The summed E-state index contributed by atoms with van der Waals surface area (Å²) in [6.45, 7) is 6.59. The number of benzene rings is 1. The normalized spacial score (nSPS) is 11.3. The third-order valence-corrected chi connectivity index (χ3v) is 4.89. The second-order valence-electron chi connectivity index (χ2n) is 7.23. The minimum absolute atomic E-state index is 0.0420. The lowest BCUT2D eigenvalue weighted by Gasteiger charge is -2.18. The SMILES string of the molecule is CC(C)(C)c1ccc(-c2csc(NC(=O)CCc3ccccn3)n2)cc1. The van der Waals surface area contributed by atoms with Gasteiger partial charge in [-0.2, -0.15) is 0 Å². The number of nitrogens with zero attached hydrogens (tertiary/aromatic N) is 2. The molecule has 1 amide bonds. The summed E-state index contributed by atoms with van der Waals surface area (Å²) in [6.07, 6.45) is 2.76. The quantitative estimate of drug-likeness (QED) is 0.686. The van der Waals surface area contributed by atoms with E-state index in [0.717, 1.165) is 17.0 Å². The van der Waals surface area contributed by atoms with E-state index in [1.807, 2.05) is 23.6 Å². The van der Waals surface area contributed by atoms with Gasteiger partial charge < -0.3 is 5.32 Å². The Morgan fingerprint density at radius 3 is 2.54 bits per heavy atom. The Bertz CT molecular complexity index is 864. The van der Waals surface area contributed by atoms with Crippen molar-refractivity contribution in [2.75, 3.05) is 5.32 Å². The maximum absolute atomic E-state index is 12.1. The van der Waals surface area contributed by atoms with Crippen LogP contribution in [0.1, 0.15) is 38.4 Å². The van der Waals surface area contributed by atoms with Crippen molar-refractivity contribution in [1.82, 2.24) is 9.97 Å². The highest BCUT2D eigenvalue weighted by Crippen LogP contribution is 2.28. The first-order valence-corrected chi connectivity index (χ1v) is 9.56. The second kappa shape index (κ2) is 7.79. The molecule has 0 aliphatic heterocycles. The van der Waals surface area contributed by atoms with Gasteiger partial charge in [0.15, 0.2) is 5.13 Å². The monoisotopic (exact) mass is 365 g/mol. The van der Waals surface area contributed by atoms with Crippen molar-refractivity contribution >= 4 is 22.4 Å². The molecule has 0 bridgehead atoms. The fourth-order valence-electron chi connectivity index (χ4n) is 2.57. The van der Waals surface area contributed by atoms with Crippen LogP contribution in [-0.2, 0) is 16.6 Å². The Kier molecular flexibility index (Phi) is 5.47. The second-order valence-corrected chi connectivity index (χ2v) is 8.09. The average Bonchev–Trinajstić information content (AvgIpc) is 3.09. The predicted octanol–water partition coefficient (Wildman–Crippen LogP) is 5.07. The van der Waals surface area contributed by atoms with Crippen LogP contribution in [0.4, 0.5) is 5.13 Å². The highest BCUT2D eigenvalue weighted by atomic mass is 32.1. The summed E-state index contributed by atoms with van der Waals surface area (Å²) in [5.74, 6) is -0.0420. The Balaban J connectivity index is 1.60. The summed E-state index contributed by atoms with van der Waals surface area (Å²) in [6, 6.07) is 14.2. The Morgan fingerprint density at radius 1 is 1.12 bits per heavy atom. The molecule has 134 valence electrons. The molecule has 26 heavy (non-hydrogen) atoms. The Labute approximate surface area is 158 Å². The van der Waals surface area contributed by atoms with Crippen molar-refractivity contribution < 1.29 is 4.79 Å². The number of nitrogens with one attached hydrogen (secondary N) is 1. The molecule has 0 aliphatic rings. The number of hydrogen-bond acceptors (Lipinski definition) is 4. The number of anilines is 1. The van der Waals surface area contributed by atoms with Crippen molar-refractivity contribution in [2.24, 2.45) is 0 Å². The summed E-state index contributed by atoms with van der Waals surface area (Å²) >= 11 is 1.45. The Hall–Kier alpha value is -2.53. The van der Waals surface area contributed by atoms with Gasteiger partial charge in [-0.25, -0.2) is 4.98 Å². The number of hydrogen-bond donors (Lipinski definition) is 1. The number of carbonyl (C=O) groups is 1. The van der Waals surface area contributed by atoms with Gasteiger partial charge in [0.1, 0.15) is 0 Å². The molecule has 0 radical (unpaired) electrons. The van der Waals surface area contributed by atoms with Crippen LogP contribution in [0.5, 0.6) is 0 Å². The number of amides is 1. The lowest BCUT2D eigenvalue weighted by molar-refractivity contribution is -0.116. The van der Waals surface area contributed by atoms with Crippen molar-refractivity contribution in [3.63, 3.8) is 0 Å². The number of pyridine rings is 1. The molecule has 2 heterocycles. The van der Waals surface area contributed by atoms with Crippen molar-refractivity contribution in [3.8, 4) is 11.3 Å². The summed E-state index contributed by atoms with van der Waals surface area (Å²) in [5.41, 5.74) is 4.28. The lowest BCUT2D eigenvalue weighted by Crippen LogP contribution is -2.12. The van der Waals surface area contributed by atoms with Gasteiger partial charge in [-0.3, -0.25) is 9.78 Å². The largest absolute Gasteiger partial charge is 0.302 e. The standard InChI is InChI=1S/C21H23N3OS/c1-21(2,3)16-9-7-15(8-10-16)18-14-26-20(23-18)24-19(25)12-11-17-6-4-5-13-22-17/h4-10,13-14H,11-12H2,1-3H3,(H,23,24,25). The minimum atomic E-state index is -0.0420. The fourth-order valence-corrected chi connectivity index (χ4v) is 3.31. The maximum atomic E-state index is 12.1. The van der Waals surface area contributed by atoms with Crippen molar-refractivity contribution in [2.45, 2.75) is 39.0 Å². The molecular weight excluding hydrogens is 342 g/mol. The van der Waals surface area contributed by atoms with E-state index in [1.54, 1.807) is 6.20 Å². The van der Waals surface area contributed by atoms with Crippen LogP contribution in [0.25, 0.3) is 11.3 Å². The molecule has 0 saturated heterocycles. The van der Waals surface area contributed by atoms with Crippen LogP contribution in [0.3, 0.4) is 0 Å². The minimum Gasteiger partial charge on any atom is -0.302 e. The number of thiazole rings is 1. The molecule has 0 aliphatic carbocycles. The maximum Gasteiger partial charge on any atom is 0.226 e. The van der Waals surface area contributed by atoms with Gasteiger partial charge in [-0.05, 0) is 29.5 Å². The molecular formula is C21H23N3OS. The zero-order chi connectivity index (χ0) is 18.6. The molecule has 0 fully saturated rings. The summed E-state index contributed by atoms with van der Waals surface area (Å²) in [5, 5.41) is 5.48. The van der Waals surface area contributed by atoms with Gasteiger partial charge in [0, 0.05) is 29.3 Å². The van der Waals surface area contributed by atoms with Gasteiger partial charge in [-0.1, -0.05) is 51.1 Å². The van der Waals surface area contributed by atoms with E-state index >= 15 is 0 Å². The molecule has 3 rings (SSSR count). The van der Waals surface area contributed by atoms with Crippen LogP contribution in [0.15, 0.2) is 54.0 Å². The van der Waals surface area contributed by atoms with Gasteiger partial charge in [-0.15, -0.1) is 11.3 Å². The topological polar surface area (TPSA) is 54.9 Å². The van der Waals surface area contributed by atoms with Gasteiger partial charge in [0.05, 0.1) is 5.69 Å². The van der Waals surface area contributed by atoms with E-state index in [1.165, 1.54) is 16.9 Å². The molecule has 1 aromatic carbocycles. The zero-order valence-electron chi connectivity index (χ0n) is 15.3. The van der Waals surface area contributed by atoms with Gasteiger partial charge >= 0.3 is 0 Å². The van der Waals surface area contributed by atoms with E-state index in [0.29, 0.717) is 18.0 Å². The molecule has 1 N–H and O–H groups in total. The van der Waals surface area contributed by atoms with E-state index in [2.05, 4.69) is 60.3 Å². The van der Waals surface area contributed by atoms with E-state index in [9.17, 15) is 4.79 Å². The van der Waals surface area contributed by atoms with Crippen LogP contribution in [0, 0.1) is 0 Å². The van der Waals surface area contributed by atoms with E-state index < -0.39 is 0 Å². The molecule has 0 unspecified atom stereocenters. The molecule has 5 heteroatoms. The third-order valence-electron chi connectivity index (χ3n) is 4.13. The van der Waals surface area contributed by atoms with Crippen LogP contribution < -0.4 is 5.32 Å². The zero-order valence-corrected chi connectivity index (χ0v) is 16.1. The average molecular weight is 366 g/mol. The van der Waals surface area contributed by atoms with Crippen molar-refractivity contribution in [1.29, 1.82) is 0 Å². The van der Waals surface area contributed by atoms with Gasteiger partial charge in [0.2, 0.25) is 5.91 Å².